The van der Waals surface area contributed by atoms with Crippen molar-refractivity contribution in [2.24, 2.45) is 0 Å². The molecule has 0 heterocycles. The molecule has 24 heavy (non-hydrogen) atoms. The normalized spacial score (nSPS) is 12.0. The third-order valence-electron chi connectivity index (χ3n) is 4.16. The second-order valence-corrected chi connectivity index (χ2v) is 8.27. The van der Waals surface area contributed by atoms with E-state index in [4.69, 9.17) is 13.3 Å². The topological polar surface area (TPSA) is 27.7 Å². The highest BCUT2D eigenvalue weighted by Gasteiger charge is 2.43. The lowest BCUT2D eigenvalue weighted by molar-refractivity contribution is 0.0259. The zero-order valence-electron chi connectivity index (χ0n) is 16.4. The third kappa shape index (κ3) is 15.5. The minimum atomic E-state index is -3.85. The third-order valence-corrected chi connectivity index (χ3v) is 5.97. The van der Waals surface area contributed by atoms with Crippen LogP contribution in [0.1, 0.15) is 104 Å². The van der Waals surface area contributed by atoms with E-state index in [1.54, 1.807) is 13.8 Å². The highest BCUT2D eigenvalue weighted by Crippen LogP contribution is 2.14. The lowest BCUT2D eigenvalue weighted by Crippen LogP contribution is -2.41. The van der Waals surface area contributed by atoms with E-state index < -0.39 is 9.14 Å². The van der Waals surface area contributed by atoms with Crippen LogP contribution in [0.2, 0.25) is 0 Å². The maximum Gasteiger partial charge on any atom is 0.720 e. The van der Waals surface area contributed by atoms with Crippen LogP contribution in [0.15, 0.2) is 0 Å². The first-order valence-electron chi connectivity index (χ1n) is 10.3. The van der Waals surface area contributed by atoms with Crippen molar-refractivity contribution in [2.75, 3.05) is 19.8 Å². The molecule has 146 valence electrons. The molecule has 0 spiro atoms. The van der Waals surface area contributed by atoms with Crippen molar-refractivity contribution in [2.45, 2.75) is 104 Å². The number of rotatable bonds is 19. The van der Waals surface area contributed by atoms with Crippen molar-refractivity contribution in [3.8, 4) is 0 Å². The summed E-state index contributed by atoms with van der Waals surface area (Å²) in [4.78, 5) is 0. The molecule has 0 aromatic carbocycles. The number of unbranched alkanes of at least 4 members (excludes halogenated alkanes) is 12. The highest BCUT2D eigenvalue weighted by molar-refractivity contribution is 6.52. The Morgan fingerprint density at radius 2 is 0.917 bits per heavy atom. The van der Waals surface area contributed by atoms with E-state index in [1.165, 1.54) is 70.6 Å². The van der Waals surface area contributed by atoms with Gasteiger partial charge in [0.2, 0.25) is 0 Å². The number of hydrogen-bond donors (Lipinski definition) is 0. The molecule has 0 rings (SSSR count). The van der Waals surface area contributed by atoms with Gasteiger partial charge >= 0.3 is 9.14 Å². The van der Waals surface area contributed by atoms with Crippen LogP contribution in [0.3, 0.4) is 0 Å². The quantitative estimate of drug-likeness (QED) is 0.147. The maximum atomic E-state index is 14.1. The van der Waals surface area contributed by atoms with Gasteiger partial charge in [-0.15, -0.1) is 0 Å². The Morgan fingerprint density at radius 1 is 0.542 bits per heavy atom. The van der Waals surface area contributed by atoms with Gasteiger partial charge in [0.1, 0.15) is 0 Å². The van der Waals surface area contributed by atoms with Crippen LogP contribution in [-0.4, -0.2) is 29.0 Å². The lowest BCUT2D eigenvalue weighted by Gasteiger charge is -2.19. The zero-order valence-corrected chi connectivity index (χ0v) is 17.4. The number of hydrogen-bond acceptors (Lipinski definition) is 3. The maximum absolute atomic E-state index is 14.1. The Balaban J connectivity index is 3.30. The second kappa shape index (κ2) is 17.8. The van der Waals surface area contributed by atoms with E-state index in [0.29, 0.717) is 19.8 Å². The summed E-state index contributed by atoms with van der Waals surface area (Å²) in [5, 5.41) is 0. The van der Waals surface area contributed by atoms with Gasteiger partial charge < -0.3 is 13.3 Å². The van der Waals surface area contributed by atoms with Gasteiger partial charge in [0.05, 0.1) is 0 Å². The molecule has 0 bridgehead atoms. The SMILES string of the molecule is CCCCCCCCCCCCCCCO[Si](F)(OCC)OCC. The minimum absolute atomic E-state index is 0.293. The molecule has 0 radical (unpaired) electrons. The van der Waals surface area contributed by atoms with Crippen LogP contribution in [0.25, 0.3) is 0 Å². The van der Waals surface area contributed by atoms with Crippen molar-refractivity contribution in [1.82, 2.24) is 0 Å². The fourth-order valence-corrected chi connectivity index (χ4v) is 4.11. The highest BCUT2D eigenvalue weighted by atomic mass is 28.4. The summed E-state index contributed by atoms with van der Waals surface area (Å²) < 4.78 is 29.4. The van der Waals surface area contributed by atoms with E-state index in [9.17, 15) is 4.11 Å². The van der Waals surface area contributed by atoms with Gasteiger partial charge in [0, 0.05) is 19.8 Å². The molecule has 0 amide bonds. The van der Waals surface area contributed by atoms with Gasteiger partial charge in [0.25, 0.3) is 0 Å². The molecular formula is C19H41FO3Si. The Hall–Kier alpha value is 0.0269. The molecule has 0 aliphatic carbocycles. The van der Waals surface area contributed by atoms with Crippen LogP contribution >= 0.6 is 0 Å². The van der Waals surface area contributed by atoms with E-state index in [2.05, 4.69) is 6.92 Å². The Morgan fingerprint density at radius 3 is 1.29 bits per heavy atom. The van der Waals surface area contributed by atoms with Crippen molar-refractivity contribution in [1.29, 1.82) is 0 Å². The minimum Gasteiger partial charge on any atom is -0.348 e. The Kier molecular flexibility index (Phi) is 17.9. The largest absolute Gasteiger partial charge is 0.720 e. The molecule has 3 nitrogen and oxygen atoms in total. The Labute approximate surface area is 151 Å². The van der Waals surface area contributed by atoms with Crippen LogP contribution < -0.4 is 0 Å². The first-order chi connectivity index (χ1) is 11.7. The number of halogens is 1. The summed E-state index contributed by atoms with van der Waals surface area (Å²) in [5.41, 5.74) is 0. The fraction of sp³-hybridized carbons (Fsp3) is 1.00. The molecule has 0 atom stereocenters. The smallest absolute Gasteiger partial charge is 0.348 e. The average molecular weight is 365 g/mol. The summed E-state index contributed by atoms with van der Waals surface area (Å²) in [6, 6.07) is 0. The molecule has 0 aromatic rings. The predicted molar refractivity (Wildman–Crippen MR) is 102 cm³/mol. The summed E-state index contributed by atoms with van der Waals surface area (Å²) in [6.07, 6.45) is 16.9. The summed E-state index contributed by atoms with van der Waals surface area (Å²) in [6.45, 7) is 6.77. The van der Waals surface area contributed by atoms with E-state index in [0.717, 1.165) is 12.8 Å². The first kappa shape index (κ1) is 24.0. The molecule has 0 fully saturated rings. The van der Waals surface area contributed by atoms with E-state index >= 15 is 0 Å². The molecular weight excluding hydrogens is 323 g/mol. The predicted octanol–water partition coefficient (Wildman–Crippen LogP) is 6.57. The van der Waals surface area contributed by atoms with Crippen molar-refractivity contribution < 1.29 is 17.4 Å². The van der Waals surface area contributed by atoms with Crippen LogP contribution in [0, 0.1) is 0 Å². The van der Waals surface area contributed by atoms with Crippen LogP contribution in [-0.2, 0) is 13.3 Å². The van der Waals surface area contributed by atoms with Crippen LogP contribution in [0.4, 0.5) is 4.11 Å². The fourth-order valence-electron chi connectivity index (χ4n) is 2.78. The zero-order chi connectivity index (χ0) is 17.9. The average Bonchev–Trinajstić information content (AvgIpc) is 2.55. The monoisotopic (exact) mass is 364 g/mol. The van der Waals surface area contributed by atoms with Gasteiger partial charge in [0.15, 0.2) is 0 Å². The molecule has 0 N–H and O–H groups in total. The molecule has 5 heteroatoms. The molecule has 0 saturated carbocycles. The van der Waals surface area contributed by atoms with Gasteiger partial charge in [-0.2, -0.15) is 0 Å². The first-order valence-corrected chi connectivity index (χ1v) is 11.9. The van der Waals surface area contributed by atoms with E-state index in [-0.39, 0.29) is 0 Å². The van der Waals surface area contributed by atoms with Gasteiger partial charge in [-0.3, -0.25) is 0 Å². The molecule has 0 aliphatic heterocycles. The summed E-state index contributed by atoms with van der Waals surface area (Å²) in [5.74, 6) is 0. The summed E-state index contributed by atoms with van der Waals surface area (Å²) >= 11 is 0. The molecule has 0 unspecified atom stereocenters. The van der Waals surface area contributed by atoms with Crippen LogP contribution in [0.5, 0.6) is 0 Å². The molecule has 0 saturated heterocycles. The molecule has 0 aromatic heterocycles. The standard InChI is InChI=1S/C19H41FO3Si/c1-4-7-8-9-10-11-12-13-14-15-16-17-18-19-23-24(20,21-5-2)22-6-3/h4-19H2,1-3H3. The van der Waals surface area contributed by atoms with Gasteiger partial charge in [-0.1, -0.05) is 84.0 Å². The van der Waals surface area contributed by atoms with Gasteiger partial charge in [-0.05, 0) is 20.3 Å². The van der Waals surface area contributed by atoms with Crippen molar-refractivity contribution in [3.05, 3.63) is 0 Å². The molecule has 0 aliphatic rings. The van der Waals surface area contributed by atoms with Gasteiger partial charge in [-0.25, -0.2) is 4.11 Å². The van der Waals surface area contributed by atoms with Crippen molar-refractivity contribution in [3.63, 3.8) is 0 Å². The van der Waals surface area contributed by atoms with Crippen molar-refractivity contribution >= 4 is 9.14 Å². The second-order valence-electron chi connectivity index (χ2n) is 6.44. The lowest BCUT2D eigenvalue weighted by atomic mass is 10.0. The Bertz CT molecular complexity index is 249. The van der Waals surface area contributed by atoms with E-state index in [1.807, 2.05) is 0 Å². The summed E-state index contributed by atoms with van der Waals surface area (Å²) in [7, 11) is -3.85.